The third-order valence-electron chi connectivity index (χ3n) is 4.50. The minimum absolute atomic E-state index is 0.0445. The monoisotopic (exact) mass is 290 g/mol. The van der Waals surface area contributed by atoms with Crippen LogP contribution in [0.3, 0.4) is 0 Å². The molecule has 6 nitrogen and oxygen atoms in total. The van der Waals surface area contributed by atoms with Gasteiger partial charge in [-0.3, -0.25) is 9.78 Å². The van der Waals surface area contributed by atoms with Crippen molar-refractivity contribution in [3.63, 3.8) is 0 Å². The lowest BCUT2D eigenvalue weighted by Crippen LogP contribution is -2.45. The van der Waals surface area contributed by atoms with Crippen LogP contribution in [0, 0.1) is 0 Å². The first-order valence-electron chi connectivity index (χ1n) is 7.69. The van der Waals surface area contributed by atoms with Gasteiger partial charge in [-0.05, 0) is 25.7 Å². The molecule has 114 valence electrons. The van der Waals surface area contributed by atoms with Gasteiger partial charge in [-0.25, -0.2) is 4.98 Å². The van der Waals surface area contributed by atoms with E-state index >= 15 is 0 Å². The molecule has 1 aromatic heterocycles. The summed E-state index contributed by atoms with van der Waals surface area (Å²) in [7, 11) is 0. The lowest BCUT2D eigenvalue weighted by atomic mass is 9.78. The van der Waals surface area contributed by atoms with Gasteiger partial charge in [-0.15, -0.1) is 0 Å². The maximum absolute atomic E-state index is 11.2. The van der Waals surface area contributed by atoms with E-state index in [1.807, 2.05) is 0 Å². The van der Waals surface area contributed by atoms with E-state index in [0.717, 1.165) is 32.3 Å². The standard InChI is InChI=1S/C15H22N4O2/c16-14(20)12-9-17-10-13(19-12)18-11-4-7-21-15(8-11)5-2-1-3-6-15/h9-11H,1-8H2,(H2,16,20)(H,18,19). The summed E-state index contributed by atoms with van der Waals surface area (Å²) in [4.78, 5) is 19.4. The second kappa shape index (κ2) is 5.97. The Balaban J connectivity index is 1.67. The van der Waals surface area contributed by atoms with Gasteiger partial charge in [0.25, 0.3) is 5.91 Å². The molecular formula is C15H22N4O2. The van der Waals surface area contributed by atoms with Crippen LogP contribution in [0.4, 0.5) is 5.82 Å². The molecule has 21 heavy (non-hydrogen) atoms. The summed E-state index contributed by atoms with van der Waals surface area (Å²) in [6.07, 6.45) is 11.1. The van der Waals surface area contributed by atoms with Gasteiger partial charge in [0.15, 0.2) is 0 Å². The number of ether oxygens (including phenoxy) is 1. The van der Waals surface area contributed by atoms with Crippen molar-refractivity contribution in [2.45, 2.75) is 56.6 Å². The zero-order valence-corrected chi connectivity index (χ0v) is 12.2. The fourth-order valence-electron chi connectivity index (χ4n) is 3.46. The molecule has 1 aliphatic heterocycles. The van der Waals surface area contributed by atoms with E-state index in [1.54, 1.807) is 6.20 Å². The Kier molecular flexibility index (Phi) is 4.05. The number of hydrogen-bond acceptors (Lipinski definition) is 5. The highest BCUT2D eigenvalue weighted by Gasteiger charge is 2.38. The fourth-order valence-corrected chi connectivity index (χ4v) is 3.46. The quantitative estimate of drug-likeness (QED) is 0.887. The predicted octanol–water partition coefficient (Wildman–Crippen LogP) is 1.87. The third-order valence-corrected chi connectivity index (χ3v) is 4.50. The van der Waals surface area contributed by atoms with Crippen molar-refractivity contribution in [1.29, 1.82) is 0 Å². The molecule has 3 N–H and O–H groups in total. The van der Waals surface area contributed by atoms with Gasteiger partial charge in [0.05, 0.1) is 18.0 Å². The molecule has 3 rings (SSSR count). The SMILES string of the molecule is NC(=O)c1cncc(NC2CCOC3(CCCCC3)C2)n1. The number of amides is 1. The normalized spacial score (nSPS) is 24.7. The maximum atomic E-state index is 11.2. The van der Waals surface area contributed by atoms with Gasteiger partial charge in [0, 0.05) is 12.6 Å². The highest BCUT2D eigenvalue weighted by molar-refractivity contribution is 5.90. The van der Waals surface area contributed by atoms with Crippen molar-refractivity contribution in [2.24, 2.45) is 5.73 Å². The van der Waals surface area contributed by atoms with Crippen LogP contribution < -0.4 is 11.1 Å². The molecule has 1 saturated carbocycles. The van der Waals surface area contributed by atoms with Crippen molar-refractivity contribution in [1.82, 2.24) is 9.97 Å². The summed E-state index contributed by atoms with van der Waals surface area (Å²) in [5, 5.41) is 3.39. The number of nitrogens with one attached hydrogen (secondary N) is 1. The zero-order chi connectivity index (χ0) is 14.7. The van der Waals surface area contributed by atoms with Crippen LogP contribution in [-0.2, 0) is 4.74 Å². The molecule has 1 saturated heterocycles. The largest absolute Gasteiger partial charge is 0.375 e. The first-order valence-corrected chi connectivity index (χ1v) is 7.69. The van der Waals surface area contributed by atoms with Crippen molar-refractivity contribution in [2.75, 3.05) is 11.9 Å². The number of aromatic nitrogens is 2. The molecule has 1 amide bonds. The average molecular weight is 290 g/mol. The minimum Gasteiger partial charge on any atom is -0.375 e. The van der Waals surface area contributed by atoms with Crippen LogP contribution in [0.1, 0.15) is 55.4 Å². The number of rotatable bonds is 3. The minimum atomic E-state index is -0.554. The van der Waals surface area contributed by atoms with Crippen molar-refractivity contribution in [3.05, 3.63) is 18.1 Å². The summed E-state index contributed by atoms with van der Waals surface area (Å²) in [5.41, 5.74) is 5.48. The van der Waals surface area contributed by atoms with Crippen molar-refractivity contribution < 1.29 is 9.53 Å². The van der Waals surface area contributed by atoms with Gasteiger partial charge in [0.2, 0.25) is 0 Å². The van der Waals surface area contributed by atoms with Crippen LogP contribution in [-0.4, -0.2) is 34.1 Å². The third kappa shape index (κ3) is 3.32. The van der Waals surface area contributed by atoms with E-state index in [2.05, 4.69) is 15.3 Å². The molecule has 0 bridgehead atoms. The Hall–Kier alpha value is -1.69. The van der Waals surface area contributed by atoms with Crippen LogP contribution in [0.2, 0.25) is 0 Å². The molecule has 0 aromatic carbocycles. The van der Waals surface area contributed by atoms with Gasteiger partial charge < -0.3 is 15.8 Å². The Morgan fingerprint density at radius 2 is 2.14 bits per heavy atom. The molecule has 1 spiro atoms. The molecule has 2 fully saturated rings. The number of carbonyl (C=O) groups excluding carboxylic acids is 1. The second-order valence-corrected chi connectivity index (χ2v) is 6.08. The summed E-state index contributed by atoms with van der Waals surface area (Å²) in [5.74, 6) is 0.0611. The first kappa shape index (κ1) is 14.3. The lowest BCUT2D eigenvalue weighted by molar-refractivity contribution is -0.103. The van der Waals surface area contributed by atoms with Gasteiger partial charge >= 0.3 is 0 Å². The number of primary amides is 1. The van der Waals surface area contributed by atoms with E-state index in [4.69, 9.17) is 10.5 Å². The van der Waals surface area contributed by atoms with Crippen LogP contribution in [0.25, 0.3) is 0 Å². The second-order valence-electron chi connectivity index (χ2n) is 6.08. The number of nitrogens with zero attached hydrogens (tertiary/aromatic N) is 2. The Bertz CT molecular complexity index is 509. The topological polar surface area (TPSA) is 90.1 Å². The van der Waals surface area contributed by atoms with E-state index in [1.165, 1.54) is 25.5 Å². The van der Waals surface area contributed by atoms with Crippen LogP contribution >= 0.6 is 0 Å². The van der Waals surface area contributed by atoms with E-state index in [9.17, 15) is 4.79 Å². The van der Waals surface area contributed by atoms with Crippen LogP contribution in [0.5, 0.6) is 0 Å². The molecule has 1 aromatic rings. The van der Waals surface area contributed by atoms with E-state index < -0.39 is 5.91 Å². The Morgan fingerprint density at radius 3 is 2.90 bits per heavy atom. The fraction of sp³-hybridized carbons (Fsp3) is 0.667. The average Bonchev–Trinajstić information content (AvgIpc) is 2.48. The Morgan fingerprint density at radius 1 is 1.33 bits per heavy atom. The first-order chi connectivity index (χ1) is 10.2. The van der Waals surface area contributed by atoms with Crippen molar-refractivity contribution >= 4 is 11.7 Å². The smallest absolute Gasteiger partial charge is 0.268 e. The molecule has 1 atom stereocenters. The van der Waals surface area contributed by atoms with E-state index in [-0.39, 0.29) is 11.3 Å². The summed E-state index contributed by atoms with van der Waals surface area (Å²) in [6.45, 7) is 0.778. The summed E-state index contributed by atoms with van der Waals surface area (Å²) in [6, 6.07) is 0.314. The maximum Gasteiger partial charge on any atom is 0.268 e. The number of carbonyl (C=O) groups is 1. The highest BCUT2D eigenvalue weighted by Crippen LogP contribution is 2.39. The molecular weight excluding hydrogens is 268 g/mol. The lowest BCUT2D eigenvalue weighted by Gasteiger charge is -2.43. The molecule has 6 heteroatoms. The van der Waals surface area contributed by atoms with Gasteiger partial charge in [-0.2, -0.15) is 0 Å². The Labute approximate surface area is 124 Å². The molecule has 2 heterocycles. The summed E-state index contributed by atoms with van der Waals surface area (Å²) >= 11 is 0. The number of nitrogens with two attached hydrogens (primary N) is 1. The molecule has 2 aliphatic rings. The van der Waals surface area contributed by atoms with Gasteiger partial charge in [-0.1, -0.05) is 19.3 Å². The zero-order valence-electron chi connectivity index (χ0n) is 12.2. The molecule has 1 aliphatic carbocycles. The number of anilines is 1. The summed E-state index contributed by atoms with van der Waals surface area (Å²) < 4.78 is 6.09. The van der Waals surface area contributed by atoms with Crippen molar-refractivity contribution in [3.8, 4) is 0 Å². The van der Waals surface area contributed by atoms with Gasteiger partial charge in [0.1, 0.15) is 11.5 Å². The van der Waals surface area contributed by atoms with Crippen LogP contribution in [0.15, 0.2) is 12.4 Å². The molecule has 1 unspecified atom stereocenters. The van der Waals surface area contributed by atoms with E-state index in [0.29, 0.717) is 11.9 Å². The molecule has 0 radical (unpaired) electrons. The highest BCUT2D eigenvalue weighted by atomic mass is 16.5. The predicted molar refractivity (Wildman–Crippen MR) is 79.0 cm³/mol. The number of hydrogen-bond donors (Lipinski definition) is 2.